The van der Waals surface area contributed by atoms with Crippen LogP contribution >= 0.6 is 0 Å². The Bertz CT molecular complexity index is 219. The van der Waals surface area contributed by atoms with Gasteiger partial charge in [-0.2, -0.15) is 0 Å². The maximum atomic E-state index is 10.8. The molecule has 0 aromatic rings. The minimum atomic E-state index is -2.82. The molecule has 12 heavy (non-hydrogen) atoms. The van der Waals surface area contributed by atoms with Gasteiger partial charge in [0.25, 0.3) is 0 Å². The Morgan fingerprint density at radius 3 is 2.83 bits per heavy atom. The number of morpholine rings is 1. The van der Waals surface area contributed by atoms with E-state index >= 15 is 0 Å². The summed E-state index contributed by atoms with van der Waals surface area (Å²) in [5.41, 5.74) is 0. The molecule has 0 aromatic heterocycles. The summed E-state index contributed by atoms with van der Waals surface area (Å²) in [6.45, 7) is 2.19. The third-order valence-corrected chi connectivity index (χ3v) is 2.81. The van der Waals surface area contributed by atoms with Gasteiger partial charge in [0.1, 0.15) is 9.84 Å². The van der Waals surface area contributed by atoms with Gasteiger partial charge in [-0.15, -0.1) is 0 Å². The fraction of sp³-hybridized carbons (Fsp3) is 1.00. The molecular formula is C7H15NO3S. The van der Waals surface area contributed by atoms with E-state index in [0.29, 0.717) is 13.0 Å². The lowest BCUT2D eigenvalue weighted by atomic mass is 10.2. The number of nitrogens with one attached hydrogen (secondary N) is 1. The predicted octanol–water partition coefficient (Wildman–Crippen LogP) is -0.590. The molecule has 1 heterocycles. The largest absolute Gasteiger partial charge is 0.379 e. The van der Waals surface area contributed by atoms with E-state index in [1.807, 2.05) is 0 Å². The Morgan fingerprint density at radius 2 is 2.33 bits per heavy atom. The normalized spacial score (nSPS) is 25.6. The second-order valence-corrected chi connectivity index (χ2v) is 5.40. The zero-order valence-corrected chi connectivity index (χ0v) is 8.06. The monoisotopic (exact) mass is 193 g/mol. The van der Waals surface area contributed by atoms with E-state index in [4.69, 9.17) is 4.74 Å². The van der Waals surface area contributed by atoms with Crippen LogP contribution in [0.2, 0.25) is 0 Å². The molecule has 1 aliphatic heterocycles. The molecule has 1 N–H and O–H groups in total. The van der Waals surface area contributed by atoms with E-state index in [9.17, 15) is 8.42 Å². The van der Waals surface area contributed by atoms with Gasteiger partial charge in [-0.25, -0.2) is 8.42 Å². The minimum absolute atomic E-state index is 0.216. The van der Waals surface area contributed by atoms with Crippen LogP contribution in [0.15, 0.2) is 0 Å². The van der Waals surface area contributed by atoms with Crippen molar-refractivity contribution in [2.24, 2.45) is 0 Å². The van der Waals surface area contributed by atoms with E-state index in [1.54, 1.807) is 0 Å². The van der Waals surface area contributed by atoms with Gasteiger partial charge in [-0.3, -0.25) is 0 Å². The van der Waals surface area contributed by atoms with Crippen molar-refractivity contribution in [1.82, 2.24) is 5.32 Å². The van der Waals surface area contributed by atoms with Crippen molar-refractivity contribution in [2.45, 2.75) is 12.5 Å². The van der Waals surface area contributed by atoms with Crippen LogP contribution < -0.4 is 5.32 Å². The van der Waals surface area contributed by atoms with E-state index in [-0.39, 0.29) is 11.8 Å². The molecule has 0 radical (unpaired) electrons. The maximum absolute atomic E-state index is 10.8. The van der Waals surface area contributed by atoms with Gasteiger partial charge in [0, 0.05) is 18.8 Å². The molecule has 0 bridgehead atoms. The molecule has 72 valence electrons. The summed E-state index contributed by atoms with van der Waals surface area (Å²) in [5, 5.41) is 3.20. The van der Waals surface area contributed by atoms with Crippen molar-refractivity contribution in [3.05, 3.63) is 0 Å². The van der Waals surface area contributed by atoms with Gasteiger partial charge in [-0.1, -0.05) is 0 Å². The first-order chi connectivity index (χ1) is 5.58. The number of rotatable bonds is 3. The third-order valence-electron chi connectivity index (χ3n) is 1.84. The summed E-state index contributed by atoms with van der Waals surface area (Å²) in [5.74, 6) is 0.244. The lowest BCUT2D eigenvalue weighted by molar-refractivity contribution is 0.0760. The first-order valence-corrected chi connectivity index (χ1v) is 6.13. The molecule has 1 fully saturated rings. The summed E-state index contributed by atoms with van der Waals surface area (Å²) < 4.78 is 26.8. The molecule has 1 atom stereocenters. The smallest absolute Gasteiger partial charge is 0.147 e. The fourth-order valence-electron chi connectivity index (χ4n) is 1.16. The molecule has 5 heteroatoms. The topological polar surface area (TPSA) is 55.4 Å². The molecule has 0 aliphatic carbocycles. The van der Waals surface area contributed by atoms with Crippen LogP contribution in [-0.4, -0.2) is 46.2 Å². The van der Waals surface area contributed by atoms with Crippen molar-refractivity contribution in [3.63, 3.8) is 0 Å². The Labute approximate surface area is 73.2 Å². The lowest BCUT2D eigenvalue weighted by Gasteiger charge is -2.23. The quantitative estimate of drug-likeness (QED) is 0.651. The molecule has 0 amide bonds. The first-order valence-electron chi connectivity index (χ1n) is 4.07. The van der Waals surface area contributed by atoms with Crippen molar-refractivity contribution < 1.29 is 13.2 Å². The van der Waals surface area contributed by atoms with E-state index in [0.717, 1.165) is 13.2 Å². The average molecular weight is 193 g/mol. The van der Waals surface area contributed by atoms with Gasteiger partial charge in [0.2, 0.25) is 0 Å². The predicted molar refractivity (Wildman–Crippen MR) is 46.9 cm³/mol. The fourth-order valence-corrected chi connectivity index (χ4v) is 1.87. The number of sulfone groups is 1. The van der Waals surface area contributed by atoms with Gasteiger partial charge >= 0.3 is 0 Å². The Balaban J connectivity index is 2.22. The minimum Gasteiger partial charge on any atom is -0.379 e. The molecule has 1 aliphatic rings. The Kier molecular flexibility index (Phi) is 3.49. The van der Waals surface area contributed by atoms with Crippen LogP contribution in [0.5, 0.6) is 0 Å². The average Bonchev–Trinajstić information content (AvgIpc) is 2.02. The highest BCUT2D eigenvalue weighted by Gasteiger charge is 2.14. The number of hydrogen-bond acceptors (Lipinski definition) is 4. The summed E-state index contributed by atoms with van der Waals surface area (Å²) in [4.78, 5) is 0. The van der Waals surface area contributed by atoms with Crippen LogP contribution in [0.1, 0.15) is 6.42 Å². The molecule has 0 aromatic carbocycles. The number of ether oxygens (including phenoxy) is 1. The van der Waals surface area contributed by atoms with Crippen molar-refractivity contribution >= 4 is 9.84 Å². The highest BCUT2D eigenvalue weighted by molar-refractivity contribution is 7.90. The molecule has 1 saturated heterocycles. The van der Waals surface area contributed by atoms with Gasteiger partial charge in [0.05, 0.1) is 19.0 Å². The summed E-state index contributed by atoms with van der Waals surface area (Å²) in [6, 6.07) is 0.216. The van der Waals surface area contributed by atoms with Crippen LogP contribution in [0, 0.1) is 0 Å². The Hall–Kier alpha value is -0.130. The van der Waals surface area contributed by atoms with E-state index < -0.39 is 9.84 Å². The first kappa shape index (κ1) is 9.95. The highest BCUT2D eigenvalue weighted by Crippen LogP contribution is 2.00. The van der Waals surface area contributed by atoms with Crippen LogP contribution in [-0.2, 0) is 14.6 Å². The third kappa shape index (κ3) is 4.04. The van der Waals surface area contributed by atoms with Gasteiger partial charge < -0.3 is 10.1 Å². The standard InChI is InChI=1S/C7H15NO3S/c1-12(9,10)5-2-7-6-11-4-3-8-7/h7-8H,2-6H2,1H3/t7-/m1/s1. The van der Waals surface area contributed by atoms with Crippen LogP contribution in [0.3, 0.4) is 0 Å². The molecule has 0 spiro atoms. The number of hydrogen-bond donors (Lipinski definition) is 1. The lowest BCUT2D eigenvalue weighted by Crippen LogP contribution is -2.42. The second-order valence-electron chi connectivity index (χ2n) is 3.14. The molecule has 0 unspecified atom stereocenters. The van der Waals surface area contributed by atoms with Crippen molar-refractivity contribution in [3.8, 4) is 0 Å². The molecule has 4 nitrogen and oxygen atoms in total. The van der Waals surface area contributed by atoms with Crippen molar-refractivity contribution in [1.29, 1.82) is 0 Å². The summed E-state index contributed by atoms with van der Waals surface area (Å²) in [6.07, 6.45) is 1.91. The SMILES string of the molecule is CS(=O)(=O)CC[C@@H]1COCCN1. The van der Waals surface area contributed by atoms with Gasteiger partial charge in [-0.05, 0) is 6.42 Å². The molecule has 1 rings (SSSR count). The summed E-state index contributed by atoms with van der Waals surface area (Å²) in [7, 11) is -2.82. The molecule has 0 saturated carbocycles. The van der Waals surface area contributed by atoms with Crippen molar-refractivity contribution in [2.75, 3.05) is 31.8 Å². The zero-order valence-electron chi connectivity index (χ0n) is 7.25. The Morgan fingerprint density at radius 1 is 1.58 bits per heavy atom. The summed E-state index contributed by atoms with van der Waals surface area (Å²) >= 11 is 0. The van der Waals surface area contributed by atoms with E-state index in [1.165, 1.54) is 6.26 Å². The van der Waals surface area contributed by atoms with Gasteiger partial charge in [0.15, 0.2) is 0 Å². The zero-order chi connectivity index (χ0) is 9.03. The molecular weight excluding hydrogens is 178 g/mol. The highest BCUT2D eigenvalue weighted by atomic mass is 32.2. The van der Waals surface area contributed by atoms with E-state index in [2.05, 4.69) is 5.32 Å². The maximum Gasteiger partial charge on any atom is 0.147 e. The van der Waals surface area contributed by atoms with Crippen LogP contribution in [0.4, 0.5) is 0 Å². The van der Waals surface area contributed by atoms with Crippen LogP contribution in [0.25, 0.3) is 0 Å². The second kappa shape index (κ2) is 4.20.